The van der Waals surface area contributed by atoms with E-state index < -0.39 is 0 Å². The summed E-state index contributed by atoms with van der Waals surface area (Å²) >= 11 is 0. The summed E-state index contributed by atoms with van der Waals surface area (Å²) < 4.78 is 5.77. The van der Waals surface area contributed by atoms with E-state index in [0.29, 0.717) is 12.1 Å². The van der Waals surface area contributed by atoms with Gasteiger partial charge in [0.25, 0.3) is 0 Å². The lowest BCUT2D eigenvalue weighted by Crippen LogP contribution is -2.53. The number of piperazine rings is 1. The van der Waals surface area contributed by atoms with Crippen LogP contribution in [-0.4, -0.2) is 85.2 Å². The first-order valence-electron chi connectivity index (χ1n) is 8.47. The predicted molar refractivity (Wildman–Crippen MR) is 82.2 cm³/mol. The Balaban J connectivity index is 1.48. The third-order valence-electron chi connectivity index (χ3n) is 5.36. The zero-order chi connectivity index (χ0) is 14.8. The van der Waals surface area contributed by atoms with Gasteiger partial charge < -0.3 is 9.64 Å². The van der Waals surface area contributed by atoms with Crippen molar-refractivity contribution < 1.29 is 9.53 Å². The molecule has 0 radical (unpaired) electrons. The lowest BCUT2D eigenvalue weighted by molar-refractivity contribution is -0.130. The standard InChI is InChI=1S/C16H29N3O2/c1-13-10-17(11-15-4-3-9-21-15)12-16(13)19-7-5-18(6-8-19)14(2)20/h13,15-16H,3-12H2,1-2H3/t13-,15+,16+/m0/s1. The summed E-state index contributed by atoms with van der Waals surface area (Å²) in [5.41, 5.74) is 0. The Morgan fingerprint density at radius 2 is 1.95 bits per heavy atom. The fraction of sp³-hybridized carbons (Fsp3) is 0.938. The summed E-state index contributed by atoms with van der Waals surface area (Å²) in [6.07, 6.45) is 2.92. The van der Waals surface area contributed by atoms with Crippen molar-refractivity contribution in [3.8, 4) is 0 Å². The van der Waals surface area contributed by atoms with Gasteiger partial charge in [-0.3, -0.25) is 14.6 Å². The van der Waals surface area contributed by atoms with Gasteiger partial charge in [0, 0.05) is 65.4 Å². The molecule has 1 amide bonds. The SMILES string of the molecule is CC(=O)N1CCN([C@@H]2CN(C[C@H]3CCCO3)C[C@@H]2C)CC1. The molecule has 0 N–H and O–H groups in total. The highest BCUT2D eigenvalue weighted by molar-refractivity contribution is 5.73. The van der Waals surface area contributed by atoms with Crippen LogP contribution in [-0.2, 0) is 9.53 Å². The number of hydrogen-bond donors (Lipinski definition) is 0. The number of amides is 1. The number of carbonyl (C=O) groups is 1. The predicted octanol–water partition coefficient (Wildman–Crippen LogP) is 0.650. The van der Waals surface area contributed by atoms with Gasteiger partial charge in [0.05, 0.1) is 6.10 Å². The van der Waals surface area contributed by atoms with E-state index in [-0.39, 0.29) is 5.91 Å². The molecule has 3 aliphatic rings. The maximum Gasteiger partial charge on any atom is 0.219 e. The highest BCUT2D eigenvalue weighted by Crippen LogP contribution is 2.24. The lowest BCUT2D eigenvalue weighted by Gasteiger charge is -2.39. The zero-order valence-corrected chi connectivity index (χ0v) is 13.5. The van der Waals surface area contributed by atoms with Crippen molar-refractivity contribution in [2.75, 3.05) is 52.4 Å². The molecule has 0 aliphatic carbocycles. The Morgan fingerprint density at radius 3 is 2.57 bits per heavy atom. The summed E-state index contributed by atoms with van der Waals surface area (Å²) in [5.74, 6) is 0.935. The van der Waals surface area contributed by atoms with Gasteiger partial charge >= 0.3 is 0 Å². The number of ether oxygens (including phenoxy) is 1. The molecule has 3 fully saturated rings. The van der Waals surface area contributed by atoms with Gasteiger partial charge in [-0.15, -0.1) is 0 Å². The molecular weight excluding hydrogens is 266 g/mol. The molecule has 120 valence electrons. The van der Waals surface area contributed by atoms with E-state index >= 15 is 0 Å². The molecule has 0 unspecified atom stereocenters. The van der Waals surface area contributed by atoms with Gasteiger partial charge in [-0.2, -0.15) is 0 Å². The van der Waals surface area contributed by atoms with Crippen molar-refractivity contribution >= 4 is 5.91 Å². The summed E-state index contributed by atoms with van der Waals surface area (Å²) in [6.45, 7) is 12.3. The number of hydrogen-bond acceptors (Lipinski definition) is 4. The topological polar surface area (TPSA) is 36.0 Å². The van der Waals surface area contributed by atoms with Gasteiger partial charge in [-0.1, -0.05) is 6.92 Å². The van der Waals surface area contributed by atoms with Crippen LogP contribution in [0.25, 0.3) is 0 Å². The minimum Gasteiger partial charge on any atom is -0.377 e. The van der Waals surface area contributed by atoms with E-state index in [2.05, 4.69) is 16.7 Å². The lowest BCUT2D eigenvalue weighted by atomic mass is 10.0. The maximum atomic E-state index is 11.4. The normalized spacial score (nSPS) is 35.5. The fourth-order valence-electron chi connectivity index (χ4n) is 4.12. The van der Waals surface area contributed by atoms with Crippen LogP contribution < -0.4 is 0 Å². The van der Waals surface area contributed by atoms with Crippen molar-refractivity contribution in [3.05, 3.63) is 0 Å². The van der Waals surface area contributed by atoms with Crippen LogP contribution in [0.2, 0.25) is 0 Å². The smallest absolute Gasteiger partial charge is 0.219 e. The second-order valence-corrected chi connectivity index (χ2v) is 6.94. The monoisotopic (exact) mass is 295 g/mol. The van der Waals surface area contributed by atoms with Crippen molar-refractivity contribution in [2.45, 2.75) is 38.8 Å². The molecule has 3 heterocycles. The molecule has 5 heteroatoms. The molecule has 0 bridgehead atoms. The zero-order valence-electron chi connectivity index (χ0n) is 13.5. The molecule has 0 aromatic rings. The van der Waals surface area contributed by atoms with Crippen LogP contribution in [0, 0.1) is 5.92 Å². The third kappa shape index (κ3) is 3.58. The number of carbonyl (C=O) groups excluding carboxylic acids is 1. The van der Waals surface area contributed by atoms with Crippen LogP contribution in [0.15, 0.2) is 0 Å². The molecule has 0 spiro atoms. The molecule has 21 heavy (non-hydrogen) atoms. The molecule has 3 saturated heterocycles. The Morgan fingerprint density at radius 1 is 1.19 bits per heavy atom. The average molecular weight is 295 g/mol. The summed E-state index contributed by atoms with van der Waals surface area (Å²) in [7, 11) is 0. The summed E-state index contributed by atoms with van der Waals surface area (Å²) in [4.78, 5) is 18.6. The van der Waals surface area contributed by atoms with Crippen LogP contribution in [0.1, 0.15) is 26.7 Å². The second kappa shape index (κ2) is 6.63. The van der Waals surface area contributed by atoms with Gasteiger partial charge in [0.1, 0.15) is 0 Å². The minimum atomic E-state index is 0.217. The van der Waals surface area contributed by atoms with Crippen LogP contribution in [0.4, 0.5) is 0 Å². The van der Waals surface area contributed by atoms with E-state index in [1.807, 2.05) is 4.90 Å². The minimum absolute atomic E-state index is 0.217. The Labute approximate surface area is 128 Å². The third-order valence-corrected chi connectivity index (χ3v) is 5.36. The van der Waals surface area contributed by atoms with Crippen molar-refractivity contribution in [1.82, 2.24) is 14.7 Å². The first-order chi connectivity index (χ1) is 10.1. The maximum absolute atomic E-state index is 11.4. The molecular formula is C16H29N3O2. The molecule has 0 saturated carbocycles. The Hall–Kier alpha value is -0.650. The van der Waals surface area contributed by atoms with E-state index in [9.17, 15) is 4.79 Å². The summed E-state index contributed by atoms with van der Waals surface area (Å²) in [5, 5.41) is 0. The largest absolute Gasteiger partial charge is 0.377 e. The van der Waals surface area contributed by atoms with Gasteiger partial charge in [-0.25, -0.2) is 0 Å². The van der Waals surface area contributed by atoms with Gasteiger partial charge in [0.15, 0.2) is 0 Å². The molecule has 3 rings (SSSR count). The van der Waals surface area contributed by atoms with Crippen molar-refractivity contribution in [2.24, 2.45) is 5.92 Å². The van der Waals surface area contributed by atoms with E-state index in [4.69, 9.17) is 4.74 Å². The average Bonchev–Trinajstić information content (AvgIpc) is 3.09. The van der Waals surface area contributed by atoms with E-state index in [1.165, 1.54) is 25.9 Å². The number of likely N-dealkylation sites (tertiary alicyclic amines) is 1. The second-order valence-electron chi connectivity index (χ2n) is 6.94. The summed E-state index contributed by atoms with van der Waals surface area (Å²) in [6, 6.07) is 0.653. The Bertz CT molecular complexity index is 363. The van der Waals surface area contributed by atoms with Crippen molar-refractivity contribution in [1.29, 1.82) is 0 Å². The van der Waals surface area contributed by atoms with Gasteiger partial charge in [-0.05, 0) is 18.8 Å². The molecule has 3 aliphatic heterocycles. The highest BCUT2D eigenvalue weighted by Gasteiger charge is 2.36. The number of rotatable bonds is 3. The van der Waals surface area contributed by atoms with E-state index in [1.54, 1.807) is 6.92 Å². The van der Waals surface area contributed by atoms with Crippen LogP contribution in [0.5, 0.6) is 0 Å². The van der Waals surface area contributed by atoms with E-state index in [0.717, 1.165) is 45.2 Å². The molecule has 5 nitrogen and oxygen atoms in total. The highest BCUT2D eigenvalue weighted by atomic mass is 16.5. The first-order valence-corrected chi connectivity index (χ1v) is 8.47. The number of nitrogens with zero attached hydrogens (tertiary/aromatic N) is 3. The first kappa shape index (κ1) is 15.3. The van der Waals surface area contributed by atoms with Gasteiger partial charge in [0.2, 0.25) is 5.91 Å². The Kier molecular flexibility index (Phi) is 4.82. The quantitative estimate of drug-likeness (QED) is 0.766. The van der Waals surface area contributed by atoms with Crippen LogP contribution >= 0.6 is 0 Å². The van der Waals surface area contributed by atoms with Crippen molar-refractivity contribution in [3.63, 3.8) is 0 Å². The molecule has 3 atom stereocenters. The van der Waals surface area contributed by atoms with Crippen LogP contribution in [0.3, 0.4) is 0 Å². The fourth-order valence-corrected chi connectivity index (χ4v) is 4.12. The molecule has 0 aromatic heterocycles. The molecule has 0 aromatic carbocycles.